The number of aryl methyl sites for hydroxylation is 2. The normalized spacial score (nSPS) is 12.6. The van der Waals surface area contributed by atoms with Gasteiger partial charge in [0.1, 0.15) is 12.6 Å². The molecule has 3 nitrogen and oxygen atoms in total. The lowest BCUT2D eigenvalue weighted by Crippen LogP contribution is -2.36. The number of para-hydroxylation sites is 1. The van der Waals surface area contributed by atoms with E-state index in [0.717, 1.165) is 29.7 Å². The van der Waals surface area contributed by atoms with Crippen molar-refractivity contribution < 1.29 is 9.53 Å². The molecule has 1 atom stereocenters. The van der Waals surface area contributed by atoms with Gasteiger partial charge in [0.25, 0.3) is 0 Å². The minimum Gasteiger partial charge on any atom is -0.354 e. The fraction of sp³-hybridized carbons (Fsp3) is 0.500. The number of carbonyl (C=O) groups is 1. The first-order chi connectivity index (χ1) is 10.6. The minimum absolute atomic E-state index is 0.0468. The number of ether oxygens (including phenoxy) is 1. The van der Waals surface area contributed by atoms with E-state index in [1.807, 2.05) is 32.1 Å². The van der Waals surface area contributed by atoms with E-state index in [1.165, 1.54) is 0 Å². The van der Waals surface area contributed by atoms with Gasteiger partial charge in [-0.2, -0.15) is 0 Å². The molecule has 122 valence electrons. The van der Waals surface area contributed by atoms with Gasteiger partial charge in [-0.1, -0.05) is 44.2 Å². The molecule has 4 heteroatoms. The van der Waals surface area contributed by atoms with E-state index in [-0.39, 0.29) is 24.6 Å². The first kappa shape index (κ1) is 18.7. The zero-order valence-electron chi connectivity index (χ0n) is 13.9. The first-order valence-corrected chi connectivity index (χ1v) is 8.33. The highest BCUT2D eigenvalue weighted by atomic mass is 35.5. The summed E-state index contributed by atoms with van der Waals surface area (Å²) in [7, 11) is 0. The second-order valence-corrected chi connectivity index (χ2v) is 5.38. The number of anilines is 1. The Labute approximate surface area is 138 Å². The van der Waals surface area contributed by atoms with E-state index in [1.54, 1.807) is 4.90 Å². The average Bonchev–Trinajstić information content (AvgIpc) is 2.54. The molecule has 0 spiro atoms. The van der Waals surface area contributed by atoms with E-state index >= 15 is 0 Å². The molecule has 0 aliphatic rings. The summed E-state index contributed by atoms with van der Waals surface area (Å²) in [6, 6.07) is 6.14. The van der Waals surface area contributed by atoms with Gasteiger partial charge in [-0.3, -0.25) is 9.69 Å². The van der Waals surface area contributed by atoms with Crippen LogP contribution in [0.25, 0.3) is 0 Å². The molecule has 1 aromatic carbocycles. The van der Waals surface area contributed by atoms with Crippen LogP contribution in [0.2, 0.25) is 0 Å². The zero-order chi connectivity index (χ0) is 16.5. The molecule has 0 heterocycles. The number of allylic oxidation sites excluding steroid dienone is 1. The largest absolute Gasteiger partial charge is 0.354 e. The number of benzene rings is 1. The molecule has 0 fully saturated rings. The lowest BCUT2D eigenvalue weighted by atomic mass is 10.0. The summed E-state index contributed by atoms with van der Waals surface area (Å²) in [6.07, 6.45) is 5.57. The third-order valence-electron chi connectivity index (χ3n) is 3.58. The van der Waals surface area contributed by atoms with Crippen molar-refractivity contribution in [3.8, 4) is 0 Å². The van der Waals surface area contributed by atoms with Gasteiger partial charge in [-0.15, -0.1) is 11.6 Å². The third kappa shape index (κ3) is 4.85. The SMILES string of the molecule is CC=CC(C)OCN(C(=O)CCl)c1c(CC)cccc1CC. The molecular formula is C18H26ClNO2. The molecule has 22 heavy (non-hydrogen) atoms. The van der Waals surface area contributed by atoms with Crippen molar-refractivity contribution >= 4 is 23.2 Å². The molecule has 0 saturated carbocycles. The zero-order valence-corrected chi connectivity index (χ0v) is 14.7. The Balaban J connectivity index is 3.14. The van der Waals surface area contributed by atoms with Crippen LogP contribution < -0.4 is 4.90 Å². The van der Waals surface area contributed by atoms with Gasteiger partial charge in [-0.25, -0.2) is 0 Å². The second-order valence-electron chi connectivity index (χ2n) is 5.11. The Kier molecular flexibility index (Phi) is 8.21. The average molecular weight is 324 g/mol. The maximum absolute atomic E-state index is 12.3. The molecule has 1 rings (SSSR count). The number of hydrogen-bond donors (Lipinski definition) is 0. The number of hydrogen-bond acceptors (Lipinski definition) is 2. The van der Waals surface area contributed by atoms with Crippen molar-refractivity contribution in [3.63, 3.8) is 0 Å². The topological polar surface area (TPSA) is 29.5 Å². The van der Waals surface area contributed by atoms with Crippen molar-refractivity contribution in [2.45, 2.75) is 46.6 Å². The smallest absolute Gasteiger partial charge is 0.243 e. The van der Waals surface area contributed by atoms with E-state index in [4.69, 9.17) is 16.3 Å². The fourth-order valence-electron chi connectivity index (χ4n) is 2.41. The number of rotatable bonds is 8. The summed E-state index contributed by atoms with van der Waals surface area (Å²) in [5.41, 5.74) is 3.23. The predicted molar refractivity (Wildman–Crippen MR) is 93.6 cm³/mol. The Morgan fingerprint density at radius 1 is 1.32 bits per heavy atom. The summed E-state index contributed by atoms with van der Waals surface area (Å²) < 4.78 is 5.78. The van der Waals surface area contributed by atoms with Crippen LogP contribution in [0.3, 0.4) is 0 Å². The van der Waals surface area contributed by atoms with Gasteiger partial charge < -0.3 is 4.74 Å². The van der Waals surface area contributed by atoms with Crippen molar-refractivity contribution in [2.75, 3.05) is 17.5 Å². The molecule has 1 aromatic rings. The molecule has 0 saturated heterocycles. The molecule has 0 aliphatic carbocycles. The van der Waals surface area contributed by atoms with Gasteiger partial charge in [0.2, 0.25) is 5.91 Å². The van der Waals surface area contributed by atoms with Crippen LogP contribution in [0.5, 0.6) is 0 Å². The summed E-state index contributed by atoms with van der Waals surface area (Å²) in [5.74, 6) is -0.187. The Morgan fingerprint density at radius 2 is 1.91 bits per heavy atom. The van der Waals surface area contributed by atoms with Gasteiger partial charge in [0.15, 0.2) is 0 Å². The van der Waals surface area contributed by atoms with Gasteiger partial charge in [0, 0.05) is 0 Å². The Hall–Kier alpha value is -1.32. The minimum atomic E-state index is -0.134. The second kappa shape index (κ2) is 9.65. The highest BCUT2D eigenvalue weighted by molar-refractivity contribution is 6.29. The molecule has 0 radical (unpaired) electrons. The maximum atomic E-state index is 12.3. The Bertz CT molecular complexity index is 492. The van der Waals surface area contributed by atoms with Crippen LogP contribution in [-0.2, 0) is 22.4 Å². The number of carbonyl (C=O) groups excluding carboxylic acids is 1. The first-order valence-electron chi connectivity index (χ1n) is 7.80. The highest BCUT2D eigenvalue weighted by Crippen LogP contribution is 2.27. The molecule has 1 amide bonds. The fourth-order valence-corrected chi connectivity index (χ4v) is 2.56. The number of alkyl halides is 1. The number of amides is 1. The van der Waals surface area contributed by atoms with E-state index in [9.17, 15) is 4.79 Å². The molecule has 0 aromatic heterocycles. The number of halogens is 1. The summed E-state index contributed by atoms with van der Waals surface area (Å²) in [4.78, 5) is 14.0. The van der Waals surface area contributed by atoms with Crippen molar-refractivity contribution in [1.29, 1.82) is 0 Å². The van der Waals surface area contributed by atoms with Crippen LogP contribution in [-0.4, -0.2) is 24.6 Å². The van der Waals surface area contributed by atoms with Gasteiger partial charge in [-0.05, 0) is 37.8 Å². The molecule has 0 aliphatic heterocycles. The van der Waals surface area contributed by atoms with Crippen molar-refractivity contribution in [1.82, 2.24) is 0 Å². The standard InChI is InChI=1S/C18H26ClNO2/c1-5-9-14(4)22-13-20(17(21)12-19)18-15(6-2)10-8-11-16(18)7-3/h5,8-11,14H,6-7,12-13H2,1-4H3. The van der Waals surface area contributed by atoms with Crippen LogP contribution in [0.4, 0.5) is 5.69 Å². The summed E-state index contributed by atoms with van der Waals surface area (Å²) in [6.45, 7) is 8.29. The monoisotopic (exact) mass is 323 g/mol. The predicted octanol–water partition coefficient (Wildman–Crippen LogP) is 4.32. The molecular weight excluding hydrogens is 298 g/mol. The highest BCUT2D eigenvalue weighted by Gasteiger charge is 2.21. The lowest BCUT2D eigenvalue weighted by Gasteiger charge is -2.27. The van der Waals surface area contributed by atoms with Gasteiger partial charge >= 0.3 is 0 Å². The van der Waals surface area contributed by atoms with E-state index in [0.29, 0.717) is 0 Å². The van der Waals surface area contributed by atoms with Crippen molar-refractivity contribution in [3.05, 3.63) is 41.5 Å². The molecule has 1 unspecified atom stereocenters. The summed E-state index contributed by atoms with van der Waals surface area (Å²) >= 11 is 5.80. The van der Waals surface area contributed by atoms with Crippen LogP contribution >= 0.6 is 11.6 Å². The van der Waals surface area contributed by atoms with E-state index < -0.39 is 0 Å². The van der Waals surface area contributed by atoms with Crippen LogP contribution in [0.15, 0.2) is 30.4 Å². The molecule has 0 N–H and O–H groups in total. The Morgan fingerprint density at radius 3 is 2.36 bits per heavy atom. The quantitative estimate of drug-likeness (QED) is 0.405. The van der Waals surface area contributed by atoms with E-state index in [2.05, 4.69) is 26.0 Å². The van der Waals surface area contributed by atoms with Crippen LogP contribution in [0.1, 0.15) is 38.8 Å². The molecule has 0 bridgehead atoms. The maximum Gasteiger partial charge on any atom is 0.243 e. The van der Waals surface area contributed by atoms with Gasteiger partial charge in [0.05, 0.1) is 11.8 Å². The van der Waals surface area contributed by atoms with Crippen LogP contribution in [0, 0.1) is 0 Å². The third-order valence-corrected chi connectivity index (χ3v) is 3.81. The summed E-state index contributed by atoms with van der Waals surface area (Å²) in [5, 5.41) is 0. The number of nitrogens with zero attached hydrogens (tertiary/aromatic N) is 1. The lowest BCUT2D eigenvalue weighted by molar-refractivity contribution is -0.117. The van der Waals surface area contributed by atoms with Crippen molar-refractivity contribution in [2.24, 2.45) is 0 Å².